The zero-order valence-electron chi connectivity index (χ0n) is 12.8. The van der Waals surface area contributed by atoms with Gasteiger partial charge in [0.2, 0.25) is 5.91 Å². The maximum Gasteiger partial charge on any atom is 0.225 e. The molecule has 4 heteroatoms. The fourth-order valence-corrected chi connectivity index (χ4v) is 3.83. The summed E-state index contributed by atoms with van der Waals surface area (Å²) in [6.45, 7) is 8.92. The van der Waals surface area contributed by atoms with Crippen LogP contribution in [0.25, 0.3) is 0 Å². The summed E-state index contributed by atoms with van der Waals surface area (Å²) in [5.74, 6) is 1.69. The molecule has 3 nitrogen and oxygen atoms in total. The normalized spacial score (nSPS) is 25.6. The van der Waals surface area contributed by atoms with Crippen LogP contribution in [0, 0.1) is 17.8 Å². The van der Waals surface area contributed by atoms with Crippen LogP contribution < -0.4 is 0 Å². The Balaban J connectivity index is 1.57. The maximum absolute atomic E-state index is 12.1. The molecule has 1 amide bonds. The maximum atomic E-state index is 12.1. The van der Waals surface area contributed by atoms with Gasteiger partial charge in [0.15, 0.2) is 0 Å². The highest BCUT2D eigenvalue weighted by Crippen LogP contribution is 2.33. The monoisotopic (exact) mass is 306 g/mol. The average Bonchev–Trinajstić information content (AvgIpc) is 2.98. The van der Waals surface area contributed by atoms with Gasteiger partial charge in [-0.15, -0.1) is 0 Å². The van der Waals surface area contributed by atoms with Crippen LogP contribution in [0.4, 0.5) is 0 Å². The van der Waals surface area contributed by atoms with Crippen molar-refractivity contribution in [2.45, 2.75) is 20.4 Å². The fourth-order valence-electron chi connectivity index (χ4n) is 3.63. The van der Waals surface area contributed by atoms with E-state index < -0.39 is 0 Å². The van der Waals surface area contributed by atoms with Crippen molar-refractivity contribution in [2.24, 2.45) is 17.8 Å². The quantitative estimate of drug-likeness (QED) is 0.857. The molecular formula is C17H23ClN2O. The van der Waals surface area contributed by atoms with Crippen LogP contribution in [0.15, 0.2) is 24.3 Å². The smallest absolute Gasteiger partial charge is 0.225 e. The second-order valence-corrected chi connectivity index (χ2v) is 7.11. The van der Waals surface area contributed by atoms with E-state index in [0.29, 0.717) is 17.7 Å². The molecule has 0 spiro atoms. The predicted molar refractivity (Wildman–Crippen MR) is 85.1 cm³/mol. The van der Waals surface area contributed by atoms with Crippen LogP contribution in [0.3, 0.4) is 0 Å². The number of rotatable bonds is 3. The summed E-state index contributed by atoms with van der Waals surface area (Å²) in [5.41, 5.74) is 1.20. The van der Waals surface area contributed by atoms with Gasteiger partial charge in [-0.3, -0.25) is 9.69 Å². The summed E-state index contributed by atoms with van der Waals surface area (Å²) in [7, 11) is 0. The predicted octanol–water partition coefficient (Wildman–Crippen LogP) is 2.89. The van der Waals surface area contributed by atoms with Gasteiger partial charge in [-0.2, -0.15) is 0 Å². The number of hydrogen-bond acceptors (Lipinski definition) is 2. The lowest BCUT2D eigenvalue weighted by Gasteiger charge is -2.23. The van der Waals surface area contributed by atoms with Crippen molar-refractivity contribution in [1.29, 1.82) is 0 Å². The number of benzene rings is 1. The molecule has 1 aromatic carbocycles. The Bertz CT molecular complexity index is 517. The van der Waals surface area contributed by atoms with Crippen LogP contribution in [0.2, 0.25) is 5.02 Å². The fraction of sp³-hybridized carbons (Fsp3) is 0.588. The molecule has 0 aliphatic carbocycles. The van der Waals surface area contributed by atoms with Crippen molar-refractivity contribution in [2.75, 3.05) is 26.2 Å². The summed E-state index contributed by atoms with van der Waals surface area (Å²) in [5, 5.41) is 0.853. The van der Waals surface area contributed by atoms with Crippen molar-refractivity contribution >= 4 is 17.5 Å². The molecule has 0 saturated carbocycles. The Morgan fingerprint density at radius 2 is 1.81 bits per heavy atom. The minimum atomic E-state index is 0.114. The summed E-state index contributed by atoms with van der Waals surface area (Å²) >= 11 is 6.24. The van der Waals surface area contributed by atoms with Gasteiger partial charge in [-0.05, 0) is 23.5 Å². The van der Waals surface area contributed by atoms with Crippen molar-refractivity contribution < 1.29 is 4.79 Å². The highest BCUT2D eigenvalue weighted by molar-refractivity contribution is 6.31. The standard InChI is InChI=1S/C17H23ClN2O/c1-12(2)17(21)20-10-14-8-19(9-15(14)11-20)7-13-5-3-4-6-16(13)18/h3-6,12,14-15H,7-11H2,1-2H3. The SMILES string of the molecule is CC(C)C(=O)N1CC2CN(Cc3ccccc3Cl)CC2C1. The summed E-state index contributed by atoms with van der Waals surface area (Å²) in [6.07, 6.45) is 0. The summed E-state index contributed by atoms with van der Waals surface area (Å²) < 4.78 is 0. The van der Waals surface area contributed by atoms with E-state index in [1.165, 1.54) is 5.56 Å². The molecule has 114 valence electrons. The van der Waals surface area contributed by atoms with E-state index in [9.17, 15) is 4.79 Å². The van der Waals surface area contributed by atoms with E-state index in [2.05, 4.69) is 15.9 Å². The molecule has 1 aromatic rings. The third-order valence-electron chi connectivity index (χ3n) is 4.72. The minimum Gasteiger partial charge on any atom is -0.342 e. The molecule has 2 unspecified atom stereocenters. The third-order valence-corrected chi connectivity index (χ3v) is 5.09. The number of nitrogens with zero attached hydrogens (tertiary/aromatic N) is 2. The molecule has 2 fully saturated rings. The average molecular weight is 307 g/mol. The lowest BCUT2D eigenvalue weighted by atomic mass is 10.0. The first-order valence-electron chi connectivity index (χ1n) is 7.79. The minimum absolute atomic E-state index is 0.114. The number of amides is 1. The van der Waals surface area contributed by atoms with Crippen molar-refractivity contribution in [3.05, 3.63) is 34.9 Å². The zero-order chi connectivity index (χ0) is 15.0. The molecule has 2 atom stereocenters. The molecule has 2 saturated heterocycles. The van der Waals surface area contributed by atoms with Crippen LogP contribution in [-0.4, -0.2) is 41.9 Å². The molecule has 2 aliphatic heterocycles. The largest absolute Gasteiger partial charge is 0.342 e. The van der Waals surface area contributed by atoms with Gasteiger partial charge < -0.3 is 4.90 Å². The second-order valence-electron chi connectivity index (χ2n) is 6.70. The molecule has 3 rings (SSSR count). The van der Waals surface area contributed by atoms with Crippen LogP contribution in [0.5, 0.6) is 0 Å². The molecule has 21 heavy (non-hydrogen) atoms. The number of halogens is 1. The van der Waals surface area contributed by atoms with Crippen molar-refractivity contribution in [3.63, 3.8) is 0 Å². The van der Waals surface area contributed by atoms with E-state index in [-0.39, 0.29) is 5.92 Å². The van der Waals surface area contributed by atoms with Crippen LogP contribution >= 0.6 is 11.6 Å². The zero-order valence-corrected chi connectivity index (χ0v) is 13.5. The van der Waals surface area contributed by atoms with Crippen LogP contribution in [-0.2, 0) is 11.3 Å². The second kappa shape index (κ2) is 5.98. The van der Waals surface area contributed by atoms with Crippen molar-refractivity contribution in [3.8, 4) is 0 Å². The molecule has 0 radical (unpaired) electrons. The molecule has 2 heterocycles. The van der Waals surface area contributed by atoms with E-state index in [4.69, 9.17) is 11.6 Å². The Morgan fingerprint density at radius 3 is 2.38 bits per heavy atom. The van der Waals surface area contributed by atoms with E-state index in [0.717, 1.165) is 37.7 Å². The van der Waals surface area contributed by atoms with Gasteiger partial charge in [0.25, 0.3) is 0 Å². The number of carbonyl (C=O) groups excluding carboxylic acids is 1. The van der Waals surface area contributed by atoms with Gasteiger partial charge in [0.1, 0.15) is 0 Å². The van der Waals surface area contributed by atoms with Crippen molar-refractivity contribution in [1.82, 2.24) is 9.80 Å². The molecule has 0 N–H and O–H groups in total. The first-order valence-corrected chi connectivity index (χ1v) is 8.17. The lowest BCUT2D eigenvalue weighted by molar-refractivity contribution is -0.133. The Kier molecular flexibility index (Phi) is 4.23. The van der Waals surface area contributed by atoms with Gasteiger partial charge >= 0.3 is 0 Å². The number of fused-ring (bicyclic) bond motifs is 1. The number of hydrogen-bond donors (Lipinski definition) is 0. The van der Waals surface area contributed by atoms with E-state index in [1.54, 1.807) is 0 Å². The lowest BCUT2D eigenvalue weighted by Crippen LogP contribution is -2.35. The van der Waals surface area contributed by atoms with E-state index in [1.807, 2.05) is 32.0 Å². The van der Waals surface area contributed by atoms with Crippen LogP contribution in [0.1, 0.15) is 19.4 Å². The third kappa shape index (κ3) is 3.09. The Hall–Kier alpha value is -1.06. The Morgan fingerprint density at radius 1 is 1.19 bits per heavy atom. The first kappa shape index (κ1) is 14.9. The molecule has 0 aromatic heterocycles. The summed E-state index contributed by atoms with van der Waals surface area (Å²) in [6, 6.07) is 8.07. The number of carbonyl (C=O) groups is 1. The summed E-state index contributed by atoms with van der Waals surface area (Å²) in [4.78, 5) is 16.6. The van der Waals surface area contributed by atoms with Gasteiger partial charge in [0.05, 0.1) is 0 Å². The molecular weight excluding hydrogens is 284 g/mol. The van der Waals surface area contributed by atoms with Gasteiger partial charge in [0, 0.05) is 43.7 Å². The molecule has 0 bridgehead atoms. The van der Waals surface area contributed by atoms with Gasteiger partial charge in [-0.25, -0.2) is 0 Å². The first-order chi connectivity index (χ1) is 10.0. The number of likely N-dealkylation sites (tertiary alicyclic amines) is 2. The van der Waals surface area contributed by atoms with Gasteiger partial charge in [-0.1, -0.05) is 43.6 Å². The Labute approximate surface area is 131 Å². The molecule has 2 aliphatic rings. The topological polar surface area (TPSA) is 23.6 Å². The van der Waals surface area contributed by atoms with E-state index >= 15 is 0 Å². The highest BCUT2D eigenvalue weighted by Gasteiger charge is 2.41. The highest BCUT2D eigenvalue weighted by atomic mass is 35.5.